The van der Waals surface area contributed by atoms with Crippen molar-refractivity contribution in [3.8, 4) is 0 Å². The van der Waals surface area contributed by atoms with Crippen molar-refractivity contribution in [1.29, 1.82) is 0 Å². The van der Waals surface area contributed by atoms with Crippen molar-refractivity contribution in [3.63, 3.8) is 0 Å². The minimum absolute atomic E-state index is 0.0743. The van der Waals surface area contributed by atoms with Crippen LogP contribution in [0.25, 0.3) is 0 Å². The van der Waals surface area contributed by atoms with Gasteiger partial charge in [0.15, 0.2) is 5.96 Å². The maximum absolute atomic E-state index is 12.2. The van der Waals surface area contributed by atoms with Gasteiger partial charge in [0.25, 0.3) is 5.91 Å². The molecule has 0 heterocycles. The monoisotopic (exact) mass is 368 g/mol. The second-order valence-electron chi connectivity index (χ2n) is 6.40. The summed E-state index contributed by atoms with van der Waals surface area (Å²) in [5.74, 6) is 0.239. The first kappa shape index (κ1) is 20.5. The molecule has 0 saturated heterocycles. The van der Waals surface area contributed by atoms with Crippen molar-refractivity contribution in [2.45, 2.75) is 39.5 Å². The second kappa shape index (κ2) is 10.3. The number of nitrogens with one attached hydrogen (secondary N) is 2. The zero-order chi connectivity index (χ0) is 19.6. The van der Waals surface area contributed by atoms with E-state index >= 15 is 0 Å². The predicted octanol–water partition coefficient (Wildman–Crippen LogP) is 3.29. The van der Waals surface area contributed by atoms with Crippen LogP contribution in [0.3, 0.4) is 0 Å². The van der Waals surface area contributed by atoms with Gasteiger partial charge < -0.3 is 21.1 Å². The lowest BCUT2D eigenvalue weighted by atomic mass is 10.1. The molecule has 0 aliphatic rings. The number of aliphatic imine (C=N–C) groups is 1. The third-order valence-corrected chi connectivity index (χ3v) is 4.19. The molecule has 0 aliphatic heterocycles. The lowest BCUT2D eigenvalue weighted by molar-refractivity contribution is 0.0939. The van der Waals surface area contributed by atoms with Gasteiger partial charge in [0.2, 0.25) is 0 Å². The first-order valence-electron chi connectivity index (χ1n) is 9.07. The molecule has 2 aromatic carbocycles. The number of nitrogens with two attached hydrogens (primary N) is 1. The van der Waals surface area contributed by atoms with Gasteiger partial charge in [0.1, 0.15) is 0 Å². The number of hydrogen-bond donors (Lipinski definition) is 3. The summed E-state index contributed by atoms with van der Waals surface area (Å²) in [6.07, 6.45) is 0.891. The smallest absolute Gasteiger partial charge is 0.251 e. The quantitative estimate of drug-likeness (QED) is 0.493. The second-order valence-corrected chi connectivity index (χ2v) is 6.40. The Balaban J connectivity index is 2.03. The van der Waals surface area contributed by atoms with Crippen LogP contribution in [0.2, 0.25) is 0 Å². The van der Waals surface area contributed by atoms with Gasteiger partial charge in [-0.2, -0.15) is 0 Å². The molecule has 0 fully saturated rings. The van der Waals surface area contributed by atoms with Crippen LogP contribution in [0.5, 0.6) is 0 Å². The molecule has 2 rings (SSSR count). The van der Waals surface area contributed by atoms with Crippen LogP contribution in [-0.4, -0.2) is 25.0 Å². The highest BCUT2D eigenvalue weighted by Gasteiger charge is 2.09. The van der Waals surface area contributed by atoms with Crippen molar-refractivity contribution in [3.05, 3.63) is 65.2 Å². The molecule has 27 heavy (non-hydrogen) atoms. The maximum atomic E-state index is 12.2. The van der Waals surface area contributed by atoms with E-state index in [1.165, 1.54) is 0 Å². The number of methoxy groups -OCH3 is 1. The molecule has 1 amide bonds. The molecule has 1 atom stereocenters. The van der Waals surface area contributed by atoms with Crippen LogP contribution in [0.15, 0.2) is 53.5 Å². The molecule has 6 nitrogen and oxygen atoms in total. The number of carbonyl (C=O) groups is 1. The molecule has 6 heteroatoms. The molecule has 1 unspecified atom stereocenters. The number of para-hydroxylation sites is 1. The van der Waals surface area contributed by atoms with E-state index in [2.05, 4.69) is 15.6 Å². The minimum Gasteiger partial charge on any atom is -0.380 e. The van der Waals surface area contributed by atoms with Gasteiger partial charge in [0, 0.05) is 30.0 Å². The van der Waals surface area contributed by atoms with Crippen molar-refractivity contribution in [2.24, 2.45) is 10.7 Å². The van der Waals surface area contributed by atoms with E-state index in [9.17, 15) is 4.79 Å². The molecule has 0 spiro atoms. The fourth-order valence-corrected chi connectivity index (χ4v) is 2.50. The highest BCUT2D eigenvalue weighted by molar-refractivity contribution is 5.94. The first-order valence-corrected chi connectivity index (χ1v) is 9.07. The summed E-state index contributed by atoms with van der Waals surface area (Å²) in [4.78, 5) is 16.6. The normalized spacial score (nSPS) is 12.5. The molecule has 0 bridgehead atoms. The third kappa shape index (κ3) is 6.42. The van der Waals surface area contributed by atoms with E-state index < -0.39 is 0 Å². The van der Waals surface area contributed by atoms with E-state index in [1.807, 2.05) is 56.3 Å². The number of carbonyl (C=O) groups excluding carboxylic acids is 1. The summed E-state index contributed by atoms with van der Waals surface area (Å²) in [5, 5.41) is 6.07. The van der Waals surface area contributed by atoms with Crippen molar-refractivity contribution < 1.29 is 9.53 Å². The van der Waals surface area contributed by atoms with Crippen molar-refractivity contribution in [1.82, 2.24) is 5.32 Å². The number of ether oxygens (including phenoxy) is 1. The summed E-state index contributed by atoms with van der Waals surface area (Å²) in [7, 11) is 1.65. The van der Waals surface area contributed by atoms with Gasteiger partial charge in [-0.25, -0.2) is 4.99 Å². The molecule has 0 aromatic heterocycles. The van der Waals surface area contributed by atoms with Crippen molar-refractivity contribution >= 4 is 17.6 Å². The summed E-state index contributed by atoms with van der Waals surface area (Å²) in [6.45, 7) is 4.90. The molecular formula is C21H28N4O2. The molecule has 0 radical (unpaired) electrons. The first-order chi connectivity index (χ1) is 13.0. The Morgan fingerprint density at radius 3 is 2.74 bits per heavy atom. The van der Waals surface area contributed by atoms with Gasteiger partial charge in [0.05, 0.1) is 13.2 Å². The van der Waals surface area contributed by atoms with Crippen LogP contribution in [0.4, 0.5) is 5.69 Å². The standard InChI is InChI=1S/C21H28N4O2/c1-4-15(2)24-20(26)17-10-7-8-16(12-17)13-23-21(22)25-19-11-6-5-9-18(19)14-27-3/h5-12,15H,4,13-14H2,1-3H3,(H,24,26)(H3,22,23,25). The Bertz CT molecular complexity index is 789. The van der Waals surface area contributed by atoms with Gasteiger partial charge in [-0.1, -0.05) is 37.3 Å². The summed E-state index contributed by atoms with van der Waals surface area (Å²) in [6, 6.07) is 15.3. The molecule has 4 N–H and O–H groups in total. The average molecular weight is 368 g/mol. The average Bonchev–Trinajstić information content (AvgIpc) is 2.68. The Morgan fingerprint density at radius 2 is 2.00 bits per heavy atom. The number of rotatable bonds is 8. The van der Waals surface area contributed by atoms with Crippen LogP contribution in [0, 0.1) is 0 Å². The third-order valence-electron chi connectivity index (χ3n) is 4.19. The van der Waals surface area contributed by atoms with E-state index in [-0.39, 0.29) is 11.9 Å². The number of anilines is 1. The topological polar surface area (TPSA) is 88.7 Å². The number of nitrogens with zero attached hydrogens (tertiary/aromatic N) is 1. The van der Waals surface area contributed by atoms with E-state index in [4.69, 9.17) is 10.5 Å². The largest absolute Gasteiger partial charge is 0.380 e. The van der Waals surface area contributed by atoms with Gasteiger partial charge in [-0.05, 0) is 37.1 Å². The molecule has 0 saturated carbocycles. The Kier molecular flexibility index (Phi) is 7.82. The zero-order valence-corrected chi connectivity index (χ0v) is 16.2. The zero-order valence-electron chi connectivity index (χ0n) is 16.2. The predicted molar refractivity (Wildman–Crippen MR) is 110 cm³/mol. The summed E-state index contributed by atoms with van der Waals surface area (Å²) >= 11 is 0. The lowest BCUT2D eigenvalue weighted by Crippen LogP contribution is -2.31. The Hall–Kier alpha value is -2.86. The molecule has 0 aliphatic carbocycles. The van der Waals surface area contributed by atoms with Crippen molar-refractivity contribution in [2.75, 3.05) is 12.4 Å². The number of benzene rings is 2. The summed E-state index contributed by atoms with van der Waals surface area (Å²) in [5.41, 5.74) is 9.43. The fraction of sp³-hybridized carbons (Fsp3) is 0.333. The Morgan fingerprint density at radius 1 is 1.22 bits per heavy atom. The molecular weight excluding hydrogens is 340 g/mol. The summed E-state index contributed by atoms with van der Waals surface area (Å²) < 4.78 is 5.19. The van der Waals surface area contributed by atoms with Gasteiger partial charge >= 0.3 is 0 Å². The highest BCUT2D eigenvalue weighted by atomic mass is 16.5. The van der Waals surface area contributed by atoms with Crippen LogP contribution >= 0.6 is 0 Å². The van der Waals surface area contributed by atoms with Crippen LogP contribution in [-0.2, 0) is 17.9 Å². The van der Waals surface area contributed by atoms with E-state index in [0.717, 1.165) is 23.2 Å². The van der Waals surface area contributed by atoms with E-state index in [1.54, 1.807) is 13.2 Å². The fourth-order valence-electron chi connectivity index (χ4n) is 2.50. The maximum Gasteiger partial charge on any atom is 0.251 e. The Labute approximate surface area is 160 Å². The minimum atomic E-state index is -0.0743. The van der Waals surface area contributed by atoms with Crippen LogP contribution in [0.1, 0.15) is 41.8 Å². The number of hydrogen-bond acceptors (Lipinski definition) is 3. The number of guanidine groups is 1. The highest BCUT2D eigenvalue weighted by Crippen LogP contribution is 2.15. The SMILES string of the molecule is CCC(C)NC(=O)c1cccc(CN=C(N)Nc2ccccc2COC)c1. The van der Waals surface area contributed by atoms with Gasteiger partial charge in [-0.3, -0.25) is 4.79 Å². The number of amides is 1. The molecule has 2 aromatic rings. The van der Waals surface area contributed by atoms with Crippen LogP contribution < -0.4 is 16.4 Å². The lowest BCUT2D eigenvalue weighted by Gasteiger charge is -2.12. The van der Waals surface area contributed by atoms with E-state index in [0.29, 0.717) is 24.7 Å². The molecule has 144 valence electrons. The van der Waals surface area contributed by atoms with Gasteiger partial charge in [-0.15, -0.1) is 0 Å².